The molecular weight excluding hydrogens is 230 g/mol. The first-order valence-corrected chi connectivity index (χ1v) is 6.21. The smallest absolute Gasteiger partial charge is 0.186 e. The van der Waals surface area contributed by atoms with Crippen LogP contribution in [0.1, 0.15) is 36.0 Å². The van der Waals surface area contributed by atoms with E-state index in [1.165, 1.54) is 0 Å². The van der Waals surface area contributed by atoms with Gasteiger partial charge in [0, 0.05) is 0 Å². The summed E-state index contributed by atoms with van der Waals surface area (Å²) < 4.78 is 5.20. The average molecular weight is 249 g/mol. The molecule has 2 rings (SSSR count). The van der Waals surface area contributed by atoms with Crippen LogP contribution in [0.2, 0.25) is 0 Å². The van der Waals surface area contributed by atoms with E-state index in [9.17, 15) is 9.90 Å². The number of nitrogens with two attached hydrogens (primary N) is 1. The zero-order valence-electron chi connectivity index (χ0n) is 10.6. The Hall–Kier alpha value is -1.39. The fourth-order valence-corrected chi connectivity index (χ4v) is 2.45. The molecule has 4 nitrogen and oxygen atoms in total. The standard InChI is InChI=1S/C14H19NO3/c1-18-12-5-3-2-4-11(12)13(17)14(15)8-6-10(16)7-9-14/h2-5,10,16H,6-9,15H2,1H3. The summed E-state index contributed by atoms with van der Waals surface area (Å²) >= 11 is 0. The molecule has 4 heteroatoms. The summed E-state index contributed by atoms with van der Waals surface area (Å²) in [5.41, 5.74) is 5.86. The van der Waals surface area contributed by atoms with Gasteiger partial charge in [0.2, 0.25) is 0 Å². The summed E-state index contributed by atoms with van der Waals surface area (Å²) in [5, 5.41) is 9.50. The number of carbonyl (C=O) groups is 1. The molecule has 0 atom stereocenters. The summed E-state index contributed by atoms with van der Waals surface area (Å²) in [4.78, 5) is 12.5. The molecule has 0 aromatic heterocycles. The Bertz CT molecular complexity index is 436. The van der Waals surface area contributed by atoms with Gasteiger partial charge in [0.05, 0.1) is 24.3 Å². The maximum absolute atomic E-state index is 12.5. The maximum atomic E-state index is 12.5. The zero-order chi connectivity index (χ0) is 13.2. The van der Waals surface area contributed by atoms with Crippen molar-refractivity contribution < 1.29 is 14.6 Å². The largest absolute Gasteiger partial charge is 0.496 e. The number of carbonyl (C=O) groups excluding carboxylic acids is 1. The van der Waals surface area contributed by atoms with E-state index in [0.717, 1.165) is 0 Å². The molecule has 1 aliphatic rings. The molecule has 0 bridgehead atoms. The number of aliphatic hydroxyl groups is 1. The molecule has 0 unspecified atom stereocenters. The topological polar surface area (TPSA) is 72.5 Å². The molecule has 1 fully saturated rings. The van der Waals surface area contributed by atoms with Gasteiger partial charge in [-0.3, -0.25) is 4.79 Å². The molecular formula is C14H19NO3. The van der Waals surface area contributed by atoms with E-state index in [0.29, 0.717) is 37.0 Å². The lowest BCUT2D eigenvalue weighted by molar-refractivity contribution is 0.0690. The number of hydrogen-bond acceptors (Lipinski definition) is 4. The van der Waals surface area contributed by atoms with Crippen LogP contribution in [0.3, 0.4) is 0 Å². The van der Waals surface area contributed by atoms with Crippen molar-refractivity contribution in [1.29, 1.82) is 0 Å². The number of ether oxygens (including phenoxy) is 1. The van der Waals surface area contributed by atoms with Crippen molar-refractivity contribution in [2.24, 2.45) is 5.73 Å². The van der Waals surface area contributed by atoms with Crippen molar-refractivity contribution in [2.45, 2.75) is 37.3 Å². The van der Waals surface area contributed by atoms with E-state index in [2.05, 4.69) is 0 Å². The highest BCUT2D eigenvalue weighted by atomic mass is 16.5. The van der Waals surface area contributed by atoms with Crippen molar-refractivity contribution in [1.82, 2.24) is 0 Å². The lowest BCUT2D eigenvalue weighted by Crippen LogP contribution is -2.51. The number of aliphatic hydroxyl groups excluding tert-OH is 1. The van der Waals surface area contributed by atoms with Crippen molar-refractivity contribution >= 4 is 5.78 Å². The molecule has 1 aliphatic carbocycles. The SMILES string of the molecule is COc1ccccc1C(=O)C1(N)CCC(O)CC1. The molecule has 0 saturated heterocycles. The van der Waals surface area contributed by atoms with Gasteiger partial charge in [-0.25, -0.2) is 0 Å². The van der Waals surface area contributed by atoms with E-state index in [-0.39, 0.29) is 11.9 Å². The Labute approximate surface area is 107 Å². The third kappa shape index (κ3) is 2.40. The van der Waals surface area contributed by atoms with Gasteiger partial charge in [0.25, 0.3) is 0 Å². The molecule has 18 heavy (non-hydrogen) atoms. The fraction of sp³-hybridized carbons (Fsp3) is 0.500. The minimum absolute atomic E-state index is 0.0909. The summed E-state index contributed by atoms with van der Waals surface area (Å²) in [5.74, 6) is 0.463. The van der Waals surface area contributed by atoms with E-state index in [1.54, 1.807) is 25.3 Å². The summed E-state index contributed by atoms with van der Waals surface area (Å²) in [6, 6.07) is 7.12. The minimum atomic E-state index is -0.867. The predicted molar refractivity (Wildman–Crippen MR) is 68.7 cm³/mol. The van der Waals surface area contributed by atoms with Gasteiger partial charge in [-0.15, -0.1) is 0 Å². The molecule has 3 N–H and O–H groups in total. The van der Waals surface area contributed by atoms with Crippen LogP contribution in [-0.4, -0.2) is 29.6 Å². The van der Waals surface area contributed by atoms with Crippen molar-refractivity contribution in [3.05, 3.63) is 29.8 Å². The molecule has 0 heterocycles. The van der Waals surface area contributed by atoms with E-state index in [4.69, 9.17) is 10.5 Å². The van der Waals surface area contributed by atoms with Gasteiger partial charge in [-0.2, -0.15) is 0 Å². The van der Waals surface area contributed by atoms with Crippen LogP contribution in [-0.2, 0) is 0 Å². The molecule has 0 spiro atoms. The second-order valence-corrected chi connectivity index (χ2v) is 4.92. The van der Waals surface area contributed by atoms with Crippen LogP contribution in [0.4, 0.5) is 0 Å². The normalized spacial score (nSPS) is 27.8. The highest BCUT2D eigenvalue weighted by molar-refractivity contribution is 6.05. The van der Waals surface area contributed by atoms with Crippen molar-refractivity contribution in [3.63, 3.8) is 0 Å². The van der Waals surface area contributed by atoms with Gasteiger partial charge in [0.15, 0.2) is 5.78 Å². The average Bonchev–Trinajstić information content (AvgIpc) is 2.41. The van der Waals surface area contributed by atoms with E-state index in [1.807, 2.05) is 6.07 Å². The number of Topliss-reactive ketones (excluding diaryl/α,β-unsaturated/α-hetero) is 1. The first-order chi connectivity index (χ1) is 8.57. The number of ketones is 1. The number of rotatable bonds is 3. The van der Waals surface area contributed by atoms with Crippen LogP contribution >= 0.6 is 0 Å². The maximum Gasteiger partial charge on any atom is 0.186 e. The van der Waals surface area contributed by atoms with E-state index < -0.39 is 5.54 Å². The first-order valence-electron chi connectivity index (χ1n) is 6.21. The Morgan fingerprint density at radius 1 is 1.39 bits per heavy atom. The first kappa shape index (κ1) is 13.1. The van der Waals surface area contributed by atoms with Gasteiger partial charge in [0.1, 0.15) is 5.75 Å². The van der Waals surface area contributed by atoms with E-state index >= 15 is 0 Å². The summed E-state index contributed by atoms with van der Waals surface area (Å²) in [7, 11) is 1.54. The number of para-hydroxylation sites is 1. The summed E-state index contributed by atoms with van der Waals surface area (Å²) in [6.45, 7) is 0. The number of hydrogen-bond donors (Lipinski definition) is 2. The van der Waals surface area contributed by atoms with Crippen LogP contribution in [0.25, 0.3) is 0 Å². The predicted octanol–water partition coefficient (Wildman–Crippen LogP) is 1.51. The Balaban J connectivity index is 2.25. The Morgan fingerprint density at radius 2 is 2.00 bits per heavy atom. The molecule has 0 aliphatic heterocycles. The molecule has 0 radical (unpaired) electrons. The third-order valence-corrected chi connectivity index (χ3v) is 3.65. The van der Waals surface area contributed by atoms with Gasteiger partial charge in [-0.05, 0) is 37.8 Å². The molecule has 98 valence electrons. The van der Waals surface area contributed by atoms with Crippen molar-refractivity contribution in [2.75, 3.05) is 7.11 Å². The fourth-order valence-electron chi connectivity index (χ4n) is 2.45. The minimum Gasteiger partial charge on any atom is -0.496 e. The van der Waals surface area contributed by atoms with Crippen LogP contribution in [0, 0.1) is 0 Å². The molecule has 0 amide bonds. The van der Waals surface area contributed by atoms with Crippen LogP contribution in [0.5, 0.6) is 5.75 Å². The number of methoxy groups -OCH3 is 1. The monoisotopic (exact) mass is 249 g/mol. The number of benzene rings is 1. The van der Waals surface area contributed by atoms with Gasteiger partial charge in [-0.1, -0.05) is 12.1 Å². The lowest BCUT2D eigenvalue weighted by Gasteiger charge is -2.34. The molecule has 1 saturated carbocycles. The molecule has 1 aromatic rings. The Morgan fingerprint density at radius 3 is 2.61 bits per heavy atom. The quantitative estimate of drug-likeness (QED) is 0.796. The Kier molecular flexibility index (Phi) is 3.68. The molecule has 1 aromatic carbocycles. The third-order valence-electron chi connectivity index (χ3n) is 3.65. The zero-order valence-corrected chi connectivity index (χ0v) is 10.6. The van der Waals surface area contributed by atoms with Crippen LogP contribution in [0.15, 0.2) is 24.3 Å². The highest BCUT2D eigenvalue weighted by Crippen LogP contribution is 2.32. The summed E-state index contributed by atoms with van der Waals surface area (Å²) in [6.07, 6.45) is 1.87. The second-order valence-electron chi connectivity index (χ2n) is 4.92. The lowest BCUT2D eigenvalue weighted by atomic mass is 9.76. The van der Waals surface area contributed by atoms with Crippen LogP contribution < -0.4 is 10.5 Å². The van der Waals surface area contributed by atoms with Gasteiger partial charge < -0.3 is 15.6 Å². The second kappa shape index (κ2) is 5.08. The highest BCUT2D eigenvalue weighted by Gasteiger charge is 2.39. The van der Waals surface area contributed by atoms with Crippen molar-refractivity contribution in [3.8, 4) is 5.75 Å². The van der Waals surface area contributed by atoms with Gasteiger partial charge >= 0.3 is 0 Å².